The Bertz CT molecular complexity index is 360. The van der Waals surface area contributed by atoms with Crippen molar-refractivity contribution in [3.8, 4) is 0 Å². The molecule has 1 aromatic rings. The Morgan fingerprint density at radius 1 is 1.44 bits per heavy atom. The highest BCUT2D eigenvalue weighted by Gasteiger charge is 2.36. The molecule has 0 radical (unpaired) electrons. The zero-order valence-corrected chi connectivity index (χ0v) is 10.2. The molecule has 0 bridgehead atoms. The van der Waals surface area contributed by atoms with Gasteiger partial charge in [-0.3, -0.25) is 0 Å². The maximum absolute atomic E-state index is 5.63. The Labute approximate surface area is 95.1 Å². The van der Waals surface area contributed by atoms with Crippen molar-refractivity contribution in [1.82, 2.24) is 10.1 Å². The van der Waals surface area contributed by atoms with Gasteiger partial charge in [0, 0.05) is 6.42 Å². The molecule has 90 valence electrons. The molecule has 0 aliphatic carbocycles. The van der Waals surface area contributed by atoms with Gasteiger partial charge in [-0.1, -0.05) is 19.0 Å². The van der Waals surface area contributed by atoms with Crippen molar-refractivity contribution >= 4 is 0 Å². The molecular weight excluding hydrogens is 208 g/mol. The van der Waals surface area contributed by atoms with Crippen LogP contribution in [0.1, 0.15) is 45.5 Å². The second kappa shape index (κ2) is 4.14. The van der Waals surface area contributed by atoms with Crippen molar-refractivity contribution in [3.63, 3.8) is 0 Å². The smallest absolute Gasteiger partial charge is 0.258 e. The minimum atomic E-state index is -0.558. The van der Waals surface area contributed by atoms with Gasteiger partial charge in [0.15, 0.2) is 17.7 Å². The van der Waals surface area contributed by atoms with Crippen LogP contribution in [-0.2, 0) is 15.9 Å². The number of nitrogens with zero attached hydrogens (tertiary/aromatic N) is 2. The summed E-state index contributed by atoms with van der Waals surface area (Å²) in [4.78, 5) is 4.32. The summed E-state index contributed by atoms with van der Waals surface area (Å²) in [5, 5.41) is 3.93. The predicted molar refractivity (Wildman–Crippen MR) is 56.7 cm³/mol. The van der Waals surface area contributed by atoms with E-state index in [1.54, 1.807) is 0 Å². The number of rotatable bonds is 3. The molecule has 0 amide bonds. The van der Waals surface area contributed by atoms with Crippen molar-refractivity contribution < 1.29 is 14.0 Å². The quantitative estimate of drug-likeness (QED) is 0.789. The molecule has 1 aliphatic heterocycles. The van der Waals surface area contributed by atoms with Gasteiger partial charge in [-0.05, 0) is 19.8 Å². The summed E-state index contributed by atoms with van der Waals surface area (Å²) < 4.78 is 16.3. The van der Waals surface area contributed by atoms with E-state index in [9.17, 15) is 0 Å². The summed E-state index contributed by atoms with van der Waals surface area (Å²) in [5.41, 5.74) is 0. The van der Waals surface area contributed by atoms with E-state index in [-0.39, 0.29) is 6.10 Å². The molecule has 1 atom stereocenters. The van der Waals surface area contributed by atoms with Crippen LogP contribution in [0.4, 0.5) is 0 Å². The van der Waals surface area contributed by atoms with Gasteiger partial charge < -0.3 is 14.0 Å². The van der Waals surface area contributed by atoms with Crippen LogP contribution in [0.5, 0.6) is 0 Å². The van der Waals surface area contributed by atoms with E-state index in [0.717, 1.165) is 12.2 Å². The number of hydrogen-bond acceptors (Lipinski definition) is 5. The molecule has 0 unspecified atom stereocenters. The number of hydrogen-bond donors (Lipinski definition) is 0. The maximum atomic E-state index is 5.63. The molecule has 1 aromatic heterocycles. The molecule has 16 heavy (non-hydrogen) atoms. The van der Waals surface area contributed by atoms with Crippen LogP contribution in [0.2, 0.25) is 0 Å². The monoisotopic (exact) mass is 226 g/mol. The molecule has 5 heteroatoms. The third-order valence-electron chi connectivity index (χ3n) is 2.36. The largest absolute Gasteiger partial charge is 0.347 e. The Kier molecular flexibility index (Phi) is 2.99. The topological polar surface area (TPSA) is 57.4 Å². The van der Waals surface area contributed by atoms with Crippen LogP contribution in [0.25, 0.3) is 0 Å². The van der Waals surface area contributed by atoms with Crippen LogP contribution >= 0.6 is 0 Å². The second-order valence-electron chi connectivity index (χ2n) is 4.96. The first-order valence-corrected chi connectivity index (χ1v) is 5.60. The minimum Gasteiger partial charge on any atom is -0.347 e. The first-order valence-electron chi connectivity index (χ1n) is 5.60. The van der Waals surface area contributed by atoms with E-state index >= 15 is 0 Å². The summed E-state index contributed by atoms with van der Waals surface area (Å²) in [6.45, 7) is 8.45. The van der Waals surface area contributed by atoms with Crippen LogP contribution in [0, 0.1) is 5.92 Å². The SMILES string of the molecule is CC(C)Cc1noc([C@@H]2COC(C)(C)O2)n1. The molecule has 2 heterocycles. The van der Waals surface area contributed by atoms with Gasteiger partial charge in [0.25, 0.3) is 5.89 Å². The highest BCUT2D eigenvalue weighted by molar-refractivity contribution is 4.93. The van der Waals surface area contributed by atoms with Crippen molar-refractivity contribution in [1.29, 1.82) is 0 Å². The van der Waals surface area contributed by atoms with E-state index in [1.807, 2.05) is 13.8 Å². The standard InChI is InChI=1S/C11H18N2O3/c1-7(2)5-9-12-10(16-13-9)8-6-14-11(3,4)15-8/h7-8H,5-6H2,1-4H3/t8-/m0/s1. The Morgan fingerprint density at radius 3 is 2.75 bits per heavy atom. The molecule has 0 spiro atoms. The fourth-order valence-corrected chi connectivity index (χ4v) is 1.66. The van der Waals surface area contributed by atoms with Crippen LogP contribution in [-0.4, -0.2) is 22.5 Å². The van der Waals surface area contributed by atoms with Gasteiger partial charge in [0.1, 0.15) is 0 Å². The van der Waals surface area contributed by atoms with Crippen LogP contribution < -0.4 is 0 Å². The van der Waals surface area contributed by atoms with Gasteiger partial charge in [-0.25, -0.2) is 0 Å². The Morgan fingerprint density at radius 2 is 2.19 bits per heavy atom. The van der Waals surface area contributed by atoms with Crippen LogP contribution in [0.3, 0.4) is 0 Å². The van der Waals surface area contributed by atoms with Crippen molar-refractivity contribution in [2.75, 3.05) is 6.61 Å². The highest BCUT2D eigenvalue weighted by atomic mass is 16.7. The average molecular weight is 226 g/mol. The summed E-state index contributed by atoms with van der Waals surface area (Å²) in [6, 6.07) is 0. The molecule has 1 fully saturated rings. The average Bonchev–Trinajstić information content (AvgIpc) is 2.71. The van der Waals surface area contributed by atoms with E-state index < -0.39 is 5.79 Å². The van der Waals surface area contributed by atoms with Gasteiger partial charge in [0.05, 0.1) is 6.61 Å². The fourth-order valence-electron chi connectivity index (χ4n) is 1.66. The minimum absolute atomic E-state index is 0.233. The van der Waals surface area contributed by atoms with E-state index in [2.05, 4.69) is 24.0 Å². The normalized spacial score (nSPS) is 24.2. The van der Waals surface area contributed by atoms with Gasteiger partial charge in [0.2, 0.25) is 0 Å². The van der Waals surface area contributed by atoms with Gasteiger partial charge in [-0.15, -0.1) is 0 Å². The zero-order chi connectivity index (χ0) is 11.8. The lowest BCUT2D eigenvalue weighted by Gasteiger charge is -2.15. The highest BCUT2D eigenvalue weighted by Crippen LogP contribution is 2.31. The first-order chi connectivity index (χ1) is 7.46. The maximum Gasteiger partial charge on any atom is 0.258 e. The molecule has 2 rings (SSSR count). The lowest BCUT2D eigenvalue weighted by Crippen LogP contribution is -2.19. The van der Waals surface area contributed by atoms with Gasteiger partial charge in [-0.2, -0.15) is 4.98 Å². The third kappa shape index (κ3) is 2.59. The molecule has 0 saturated carbocycles. The molecule has 1 aliphatic rings. The lowest BCUT2D eigenvalue weighted by atomic mass is 10.1. The predicted octanol–water partition coefficient (Wildman–Crippen LogP) is 2.09. The van der Waals surface area contributed by atoms with E-state index in [1.165, 1.54) is 0 Å². The van der Waals surface area contributed by atoms with Crippen LogP contribution in [0.15, 0.2) is 4.52 Å². The molecule has 0 N–H and O–H groups in total. The third-order valence-corrected chi connectivity index (χ3v) is 2.36. The summed E-state index contributed by atoms with van der Waals surface area (Å²) in [5.74, 6) is 1.21. The summed E-state index contributed by atoms with van der Waals surface area (Å²) in [7, 11) is 0. The Balaban J connectivity index is 2.03. The second-order valence-corrected chi connectivity index (χ2v) is 4.96. The molecule has 1 saturated heterocycles. The first kappa shape index (κ1) is 11.5. The molecular formula is C11H18N2O3. The number of aromatic nitrogens is 2. The zero-order valence-electron chi connectivity index (χ0n) is 10.2. The molecule has 0 aromatic carbocycles. The van der Waals surface area contributed by atoms with Gasteiger partial charge >= 0.3 is 0 Å². The Hall–Kier alpha value is -0.940. The summed E-state index contributed by atoms with van der Waals surface area (Å²) >= 11 is 0. The lowest BCUT2D eigenvalue weighted by molar-refractivity contribution is -0.141. The number of ether oxygens (including phenoxy) is 2. The fraction of sp³-hybridized carbons (Fsp3) is 0.818. The molecule has 5 nitrogen and oxygen atoms in total. The van der Waals surface area contributed by atoms with Crippen molar-refractivity contribution in [3.05, 3.63) is 11.7 Å². The van der Waals surface area contributed by atoms with Crippen molar-refractivity contribution in [2.45, 2.75) is 46.0 Å². The summed E-state index contributed by atoms with van der Waals surface area (Å²) in [6.07, 6.45) is 0.587. The van der Waals surface area contributed by atoms with E-state index in [4.69, 9.17) is 14.0 Å². The van der Waals surface area contributed by atoms with Crippen molar-refractivity contribution in [2.24, 2.45) is 5.92 Å². The van der Waals surface area contributed by atoms with E-state index in [0.29, 0.717) is 18.4 Å².